The fourth-order valence-corrected chi connectivity index (χ4v) is 4.18. The Labute approximate surface area is 257 Å². The molecule has 0 saturated carbocycles. The van der Waals surface area contributed by atoms with Crippen LogP contribution in [0.2, 0.25) is 0 Å². The van der Waals surface area contributed by atoms with Gasteiger partial charge in [0.25, 0.3) is 0 Å². The summed E-state index contributed by atoms with van der Waals surface area (Å²) in [6, 6.07) is 2.83. The lowest BCUT2D eigenvalue weighted by atomic mass is 10.0. The van der Waals surface area contributed by atoms with E-state index in [1.165, 1.54) is 6.92 Å². The van der Waals surface area contributed by atoms with E-state index in [2.05, 4.69) is 26.6 Å². The monoisotopic (exact) mass is 621 g/mol. The molecule has 0 spiro atoms. The van der Waals surface area contributed by atoms with Crippen molar-refractivity contribution < 1.29 is 39.0 Å². The Morgan fingerprint density at radius 3 is 1.84 bits per heavy atom. The van der Waals surface area contributed by atoms with Crippen molar-refractivity contribution in [1.82, 2.24) is 26.6 Å². The number of carbonyl (C=O) groups excluding carboxylic acids is 5. The van der Waals surface area contributed by atoms with Gasteiger partial charge < -0.3 is 48.3 Å². The zero-order chi connectivity index (χ0) is 33.2. The first kappa shape index (κ1) is 37.9. The van der Waals surface area contributed by atoms with E-state index < -0.39 is 78.9 Å². The maximum absolute atomic E-state index is 13.2. The number of hydrogen-bond acceptors (Lipinski definition) is 9. The highest BCUT2D eigenvalue weighted by atomic mass is 16.4. The third-order valence-electron chi connectivity index (χ3n) is 6.59. The van der Waals surface area contributed by atoms with Crippen LogP contribution in [-0.2, 0) is 35.2 Å². The molecule has 5 amide bonds. The van der Waals surface area contributed by atoms with Crippen LogP contribution in [-0.4, -0.2) is 95.6 Å². The van der Waals surface area contributed by atoms with Crippen molar-refractivity contribution in [3.8, 4) is 0 Å². The van der Waals surface area contributed by atoms with Crippen molar-refractivity contribution in [2.45, 2.75) is 83.1 Å². The summed E-state index contributed by atoms with van der Waals surface area (Å²) in [6.07, 6.45) is 1.43. The molecular formula is C29H47N7O8. The summed E-state index contributed by atoms with van der Waals surface area (Å²) in [7, 11) is 0. The average Bonchev–Trinajstić information content (AvgIpc) is 2.98. The van der Waals surface area contributed by atoms with Crippen molar-refractivity contribution >= 4 is 35.5 Å². The molecule has 0 unspecified atom stereocenters. The topological polar surface area (TPSA) is 255 Å². The van der Waals surface area contributed by atoms with Crippen LogP contribution in [0, 0.1) is 5.92 Å². The SMILES string of the molecule is CC(C)C[C@H](NC(=O)[C@H](CO)NC(=O)CN)C(=O)N[C@@H](C)C(=O)N[C@@H](CCCCN)C(=O)N[C@@H](Cc1ccccc1)C(=O)O. The van der Waals surface area contributed by atoms with Crippen LogP contribution in [0.3, 0.4) is 0 Å². The maximum Gasteiger partial charge on any atom is 0.326 e. The molecule has 0 bridgehead atoms. The lowest BCUT2D eigenvalue weighted by molar-refractivity contribution is -0.142. The van der Waals surface area contributed by atoms with Crippen molar-refractivity contribution in [2.24, 2.45) is 17.4 Å². The van der Waals surface area contributed by atoms with Gasteiger partial charge in [0, 0.05) is 6.42 Å². The summed E-state index contributed by atoms with van der Waals surface area (Å²) in [6.45, 7) is 4.25. The van der Waals surface area contributed by atoms with Gasteiger partial charge in [-0.3, -0.25) is 24.0 Å². The Kier molecular flexibility index (Phi) is 17.2. The van der Waals surface area contributed by atoms with Gasteiger partial charge in [0.2, 0.25) is 29.5 Å². The normalized spacial score (nSPS) is 14.3. The Bertz CT molecular complexity index is 1100. The number of carboxylic acid groups (broad SMARTS) is 1. The first-order chi connectivity index (χ1) is 20.8. The van der Waals surface area contributed by atoms with Gasteiger partial charge >= 0.3 is 5.97 Å². The first-order valence-electron chi connectivity index (χ1n) is 14.6. The third kappa shape index (κ3) is 13.9. The molecule has 0 radical (unpaired) electrons. The number of nitrogens with two attached hydrogens (primary N) is 2. The van der Waals surface area contributed by atoms with Crippen LogP contribution >= 0.6 is 0 Å². The van der Waals surface area contributed by atoms with Gasteiger partial charge in [-0.1, -0.05) is 44.2 Å². The average molecular weight is 622 g/mol. The van der Waals surface area contributed by atoms with Crippen molar-refractivity contribution in [3.05, 3.63) is 35.9 Å². The summed E-state index contributed by atoms with van der Waals surface area (Å²) in [5.41, 5.74) is 11.5. The second-order valence-electron chi connectivity index (χ2n) is 10.9. The number of rotatable bonds is 20. The van der Waals surface area contributed by atoms with E-state index in [0.717, 1.165) is 0 Å². The second kappa shape index (κ2) is 20.0. The Morgan fingerprint density at radius 1 is 0.727 bits per heavy atom. The van der Waals surface area contributed by atoms with E-state index in [1.54, 1.807) is 30.3 Å². The highest BCUT2D eigenvalue weighted by Gasteiger charge is 2.31. The molecule has 0 heterocycles. The summed E-state index contributed by atoms with van der Waals surface area (Å²) in [5, 5.41) is 31.6. The van der Waals surface area contributed by atoms with Crippen molar-refractivity contribution in [1.29, 1.82) is 0 Å². The fourth-order valence-electron chi connectivity index (χ4n) is 4.18. The van der Waals surface area contributed by atoms with Gasteiger partial charge in [-0.2, -0.15) is 0 Å². The van der Waals surface area contributed by atoms with E-state index in [9.17, 15) is 39.0 Å². The fraction of sp³-hybridized carbons (Fsp3) is 0.586. The zero-order valence-electron chi connectivity index (χ0n) is 25.5. The maximum atomic E-state index is 13.2. The Hall–Kier alpha value is -4.08. The molecule has 11 N–H and O–H groups in total. The number of benzene rings is 1. The van der Waals surface area contributed by atoms with E-state index in [-0.39, 0.29) is 25.2 Å². The second-order valence-corrected chi connectivity index (χ2v) is 10.9. The predicted molar refractivity (Wildman–Crippen MR) is 162 cm³/mol. The van der Waals surface area contributed by atoms with Crippen LogP contribution in [0.5, 0.6) is 0 Å². The molecule has 0 saturated heterocycles. The number of unbranched alkanes of at least 4 members (excludes halogenated alkanes) is 1. The quantitative estimate of drug-likeness (QED) is 0.0716. The lowest BCUT2D eigenvalue weighted by Gasteiger charge is -2.26. The minimum atomic E-state index is -1.33. The molecule has 15 nitrogen and oxygen atoms in total. The summed E-state index contributed by atoms with van der Waals surface area (Å²) in [5.74, 6) is -4.89. The molecule has 5 atom stereocenters. The van der Waals surface area contributed by atoms with Gasteiger partial charge in [0.15, 0.2) is 0 Å². The molecule has 0 aliphatic carbocycles. The highest BCUT2D eigenvalue weighted by Crippen LogP contribution is 2.08. The van der Waals surface area contributed by atoms with E-state index in [0.29, 0.717) is 24.9 Å². The number of carboxylic acids is 1. The highest BCUT2D eigenvalue weighted by molar-refractivity contribution is 5.96. The standard InChI is InChI=1S/C29H47N7O8/c1-17(2)13-21(35-28(42)23(16-37)33-24(38)15-31)27(41)32-18(3)25(39)34-20(11-7-8-12-30)26(40)36-22(29(43)44)14-19-9-5-4-6-10-19/h4-6,9-10,17-18,20-23,37H,7-8,11-16,30-31H2,1-3H3,(H,32,41)(H,33,38)(H,34,39)(H,35,42)(H,36,40)(H,43,44)/t18-,20-,21-,22-,23-/m0/s1. The molecule has 1 aromatic carbocycles. The molecule has 44 heavy (non-hydrogen) atoms. The van der Waals surface area contributed by atoms with Gasteiger partial charge in [-0.25, -0.2) is 4.79 Å². The van der Waals surface area contributed by atoms with Gasteiger partial charge in [-0.15, -0.1) is 0 Å². The smallest absolute Gasteiger partial charge is 0.326 e. The minimum Gasteiger partial charge on any atom is -0.480 e. The minimum absolute atomic E-state index is 0.0356. The van der Waals surface area contributed by atoms with Gasteiger partial charge in [0.05, 0.1) is 13.2 Å². The van der Waals surface area contributed by atoms with Crippen LogP contribution in [0.4, 0.5) is 0 Å². The predicted octanol–water partition coefficient (Wildman–Crippen LogP) is -2.12. The van der Waals surface area contributed by atoms with Crippen molar-refractivity contribution in [3.63, 3.8) is 0 Å². The zero-order valence-corrected chi connectivity index (χ0v) is 25.5. The van der Waals surface area contributed by atoms with Crippen LogP contribution in [0.15, 0.2) is 30.3 Å². The first-order valence-corrected chi connectivity index (χ1v) is 14.6. The molecule has 0 fully saturated rings. The number of aliphatic hydroxyl groups excluding tert-OH is 1. The molecule has 1 rings (SSSR count). The van der Waals surface area contributed by atoms with Crippen LogP contribution in [0.1, 0.15) is 52.0 Å². The third-order valence-corrected chi connectivity index (χ3v) is 6.59. The van der Waals surface area contributed by atoms with Crippen LogP contribution < -0.4 is 38.1 Å². The number of hydrogen-bond donors (Lipinski definition) is 9. The lowest BCUT2D eigenvalue weighted by Crippen LogP contribution is -2.59. The Morgan fingerprint density at radius 2 is 1.30 bits per heavy atom. The summed E-state index contributed by atoms with van der Waals surface area (Å²) >= 11 is 0. The Balaban J connectivity index is 2.97. The molecule has 0 aromatic heterocycles. The van der Waals surface area contributed by atoms with Gasteiger partial charge in [-0.05, 0) is 50.6 Å². The van der Waals surface area contributed by atoms with Crippen LogP contribution in [0.25, 0.3) is 0 Å². The summed E-state index contributed by atoms with van der Waals surface area (Å²) < 4.78 is 0. The molecule has 0 aliphatic heterocycles. The van der Waals surface area contributed by atoms with Crippen molar-refractivity contribution in [2.75, 3.05) is 19.7 Å². The summed E-state index contributed by atoms with van der Waals surface area (Å²) in [4.78, 5) is 75.5. The largest absolute Gasteiger partial charge is 0.480 e. The molecule has 15 heteroatoms. The van der Waals surface area contributed by atoms with E-state index in [1.807, 2.05) is 13.8 Å². The molecule has 0 aliphatic rings. The molecule has 1 aromatic rings. The number of aliphatic carboxylic acids is 1. The number of nitrogens with one attached hydrogen (secondary N) is 5. The number of aliphatic hydroxyl groups is 1. The van der Waals surface area contributed by atoms with E-state index in [4.69, 9.17) is 11.5 Å². The molecule has 246 valence electrons. The molecular weight excluding hydrogens is 574 g/mol. The van der Waals surface area contributed by atoms with E-state index >= 15 is 0 Å². The number of carbonyl (C=O) groups is 6. The number of amides is 5. The van der Waals surface area contributed by atoms with Gasteiger partial charge in [0.1, 0.15) is 30.2 Å².